The van der Waals surface area contributed by atoms with Crippen molar-refractivity contribution >= 4 is 23.8 Å². The van der Waals surface area contributed by atoms with Gasteiger partial charge in [0.25, 0.3) is 5.91 Å². The Morgan fingerprint density at radius 2 is 2.11 bits per heavy atom. The fraction of sp³-hybridized carbons (Fsp3) is 0.556. The minimum Gasteiger partial charge on any atom is -0.444 e. The van der Waals surface area contributed by atoms with Gasteiger partial charge in [0.15, 0.2) is 5.37 Å². The van der Waals surface area contributed by atoms with Gasteiger partial charge in [-0.15, -0.1) is 11.8 Å². The molecule has 2 atom stereocenters. The Bertz CT molecular complexity index is 696. The number of thioether (sulfide) groups is 1. The molecule has 0 bridgehead atoms. The van der Waals surface area contributed by atoms with Crippen LogP contribution < -0.4 is 5.32 Å². The van der Waals surface area contributed by atoms with Gasteiger partial charge in [0, 0.05) is 30.5 Å². The van der Waals surface area contributed by atoms with E-state index in [0.717, 1.165) is 12.1 Å². The molecule has 1 aromatic rings. The number of carbonyl (C=O) groups is 2. The van der Waals surface area contributed by atoms with Crippen molar-refractivity contribution in [2.24, 2.45) is 0 Å². The number of aliphatic hydroxyl groups excluding tert-OH is 1. The monoisotopic (exact) mass is 402 g/mol. The summed E-state index contributed by atoms with van der Waals surface area (Å²) in [6.45, 7) is 5.26. The van der Waals surface area contributed by atoms with E-state index in [-0.39, 0.29) is 18.6 Å². The van der Waals surface area contributed by atoms with Crippen molar-refractivity contribution in [2.75, 3.05) is 18.9 Å². The first-order valence-corrected chi connectivity index (χ1v) is 9.64. The number of aliphatic hydroxyl groups is 1. The van der Waals surface area contributed by atoms with Crippen LogP contribution in [-0.2, 0) is 9.53 Å². The van der Waals surface area contributed by atoms with Crippen molar-refractivity contribution in [2.45, 2.75) is 44.2 Å². The summed E-state index contributed by atoms with van der Waals surface area (Å²) in [6.07, 6.45) is -0.544. The van der Waals surface area contributed by atoms with E-state index >= 15 is 0 Å². The lowest BCUT2D eigenvalue weighted by atomic mass is 10.0. The summed E-state index contributed by atoms with van der Waals surface area (Å²) in [5.74, 6) is -1.47. The standard InChI is InChI=1S/C18H24F2N2O4S/c1-18(2,3)26-17(25)22-7-9-27-16(22)15(24)21-14(6-8-23)12-5-4-11(19)10-13(12)20/h4-5,10,14,16,23H,6-9H2,1-3H3,(H,21,24)/t14-,16-/m0/s1. The SMILES string of the molecule is CC(C)(C)OC(=O)N1CCS[C@H]1C(=O)N[C@@H](CCO)c1ccc(F)cc1F. The Kier molecular flexibility index (Phi) is 7.05. The predicted molar refractivity (Wildman–Crippen MR) is 98.1 cm³/mol. The van der Waals surface area contributed by atoms with Crippen LogP contribution in [0.3, 0.4) is 0 Å². The molecule has 0 aromatic heterocycles. The summed E-state index contributed by atoms with van der Waals surface area (Å²) in [7, 11) is 0. The fourth-order valence-corrected chi connectivity index (χ4v) is 3.77. The molecule has 0 unspecified atom stereocenters. The predicted octanol–water partition coefficient (Wildman–Crippen LogP) is 2.81. The van der Waals surface area contributed by atoms with E-state index < -0.39 is 40.7 Å². The van der Waals surface area contributed by atoms with E-state index in [1.807, 2.05) is 0 Å². The van der Waals surface area contributed by atoms with Crippen molar-refractivity contribution in [3.8, 4) is 0 Å². The zero-order chi connectivity index (χ0) is 20.2. The van der Waals surface area contributed by atoms with Gasteiger partial charge in [-0.1, -0.05) is 6.07 Å². The third kappa shape index (κ3) is 5.80. The molecule has 2 N–H and O–H groups in total. The van der Waals surface area contributed by atoms with Gasteiger partial charge in [0.2, 0.25) is 0 Å². The highest BCUT2D eigenvalue weighted by Crippen LogP contribution is 2.28. The Labute approximate surface area is 161 Å². The Hall–Kier alpha value is -1.87. The summed E-state index contributed by atoms with van der Waals surface area (Å²) in [6, 6.07) is 2.21. The highest BCUT2D eigenvalue weighted by atomic mass is 32.2. The lowest BCUT2D eigenvalue weighted by Crippen LogP contribution is -2.47. The summed E-state index contributed by atoms with van der Waals surface area (Å²) in [4.78, 5) is 26.3. The van der Waals surface area contributed by atoms with E-state index in [0.29, 0.717) is 12.3 Å². The van der Waals surface area contributed by atoms with Gasteiger partial charge in [-0.3, -0.25) is 9.69 Å². The number of ether oxygens (including phenoxy) is 1. The molecule has 1 heterocycles. The lowest BCUT2D eigenvalue weighted by molar-refractivity contribution is -0.124. The molecule has 0 saturated carbocycles. The Morgan fingerprint density at radius 3 is 2.70 bits per heavy atom. The van der Waals surface area contributed by atoms with Gasteiger partial charge in [-0.05, 0) is 33.3 Å². The van der Waals surface area contributed by atoms with E-state index in [4.69, 9.17) is 4.74 Å². The maximum Gasteiger partial charge on any atom is 0.411 e. The largest absolute Gasteiger partial charge is 0.444 e. The van der Waals surface area contributed by atoms with Gasteiger partial charge in [-0.2, -0.15) is 0 Å². The number of benzene rings is 1. The molecule has 2 amide bonds. The molecule has 150 valence electrons. The van der Waals surface area contributed by atoms with Crippen LogP contribution in [0.25, 0.3) is 0 Å². The maximum absolute atomic E-state index is 14.1. The molecule has 1 aliphatic heterocycles. The van der Waals surface area contributed by atoms with Gasteiger partial charge in [-0.25, -0.2) is 13.6 Å². The van der Waals surface area contributed by atoms with E-state index in [1.165, 1.54) is 22.7 Å². The van der Waals surface area contributed by atoms with Crippen molar-refractivity contribution in [1.29, 1.82) is 0 Å². The zero-order valence-corrected chi connectivity index (χ0v) is 16.3. The van der Waals surface area contributed by atoms with Crippen LogP contribution in [0.1, 0.15) is 38.8 Å². The molecule has 9 heteroatoms. The highest BCUT2D eigenvalue weighted by molar-refractivity contribution is 8.00. The Morgan fingerprint density at radius 1 is 1.41 bits per heavy atom. The van der Waals surface area contributed by atoms with Crippen molar-refractivity contribution in [3.63, 3.8) is 0 Å². The van der Waals surface area contributed by atoms with Crippen LogP contribution in [0.5, 0.6) is 0 Å². The quantitative estimate of drug-likeness (QED) is 0.792. The molecule has 1 fully saturated rings. The van der Waals surface area contributed by atoms with E-state index in [2.05, 4.69) is 5.32 Å². The van der Waals surface area contributed by atoms with Crippen LogP contribution in [0.2, 0.25) is 0 Å². The number of nitrogens with zero attached hydrogens (tertiary/aromatic N) is 1. The normalized spacial score (nSPS) is 18.3. The topological polar surface area (TPSA) is 78.9 Å². The zero-order valence-electron chi connectivity index (χ0n) is 15.5. The summed E-state index contributed by atoms with van der Waals surface area (Å²) in [5, 5.41) is 11.1. The average Bonchev–Trinajstić information content (AvgIpc) is 3.03. The maximum atomic E-state index is 14.1. The van der Waals surface area contributed by atoms with Crippen molar-refractivity contribution < 1.29 is 28.2 Å². The average molecular weight is 402 g/mol. The number of rotatable bonds is 5. The Balaban J connectivity index is 2.13. The fourth-order valence-electron chi connectivity index (χ4n) is 2.66. The number of halogens is 2. The first-order valence-electron chi connectivity index (χ1n) is 8.60. The molecular weight excluding hydrogens is 378 g/mol. The van der Waals surface area contributed by atoms with Crippen LogP contribution in [0, 0.1) is 11.6 Å². The van der Waals surface area contributed by atoms with Crippen LogP contribution >= 0.6 is 11.8 Å². The van der Waals surface area contributed by atoms with Crippen molar-refractivity contribution in [1.82, 2.24) is 10.2 Å². The first-order chi connectivity index (χ1) is 12.6. The summed E-state index contributed by atoms with van der Waals surface area (Å²) >= 11 is 1.27. The number of amides is 2. The molecule has 2 rings (SSSR count). The molecule has 0 spiro atoms. The van der Waals surface area contributed by atoms with Gasteiger partial charge in [0.05, 0.1) is 6.04 Å². The molecular formula is C18H24F2N2O4S. The van der Waals surface area contributed by atoms with Crippen LogP contribution in [-0.4, -0.2) is 51.9 Å². The number of carbonyl (C=O) groups excluding carboxylic acids is 2. The van der Waals surface area contributed by atoms with Gasteiger partial charge < -0.3 is 15.2 Å². The highest BCUT2D eigenvalue weighted by Gasteiger charge is 2.38. The first kappa shape index (κ1) is 21.4. The smallest absolute Gasteiger partial charge is 0.411 e. The van der Waals surface area contributed by atoms with Crippen molar-refractivity contribution in [3.05, 3.63) is 35.4 Å². The number of hydrogen-bond donors (Lipinski definition) is 2. The summed E-state index contributed by atoms with van der Waals surface area (Å²) in [5.41, 5.74) is -0.618. The van der Waals surface area contributed by atoms with Gasteiger partial charge in [0.1, 0.15) is 17.2 Å². The van der Waals surface area contributed by atoms with Crippen LogP contribution in [0.15, 0.2) is 18.2 Å². The van der Waals surface area contributed by atoms with Crippen LogP contribution in [0.4, 0.5) is 13.6 Å². The second-order valence-corrected chi connectivity index (χ2v) is 8.32. The molecule has 1 aromatic carbocycles. The molecule has 6 nitrogen and oxygen atoms in total. The molecule has 1 saturated heterocycles. The number of nitrogens with one attached hydrogen (secondary N) is 1. The number of hydrogen-bond acceptors (Lipinski definition) is 5. The minimum absolute atomic E-state index is 0.0537. The third-order valence-electron chi connectivity index (χ3n) is 3.82. The molecule has 1 aliphatic rings. The van der Waals surface area contributed by atoms with E-state index in [1.54, 1.807) is 20.8 Å². The second kappa shape index (κ2) is 8.88. The summed E-state index contributed by atoms with van der Waals surface area (Å²) < 4.78 is 32.5. The third-order valence-corrected chi connectivity index (χ3v) is 5.02. The van der Waals surface area contributed by atoms with E-state index in [9.17, 15) is 23.5 Å². The molecule has 27 heavy (non-hydrogen) atoms. The molecule has 0 aliphatic carbocycles. The molecule has 0 radical (unpaired) electrons. The minimum atomic E-state index is -0.843. The second-order valence-electron chi connectivity index (χ2n) is 7.14. The van der Waals surface area contributed by atoms with Gasteiger partial charge >= 0.3 is 6.09 Å². The lowest BCUT2D eigenvalue weighted by Gasteiger charge is -2.28.